The molecule has 1 aromatic carbocycles. The summed E-state index contributed by atoms with van der Waals surface area (Å²) in [5, 5.41) is 4.63. The average Bonchev–Trinajstić information content (AvgIpc) is 2.86. The third-order valence-electron chi connectivity index (χ3n) is 3.09. The number of rotatable bonds is 5. The van der Waals surface area contributed by atoms with Gasteiger partial charge in [-0.3, -0.25) is 4.90 Å². The van der Waals surface area contributed by atoms with E-state index in [2.05, 4.69) is 22.0 Å². The lowest BCUT2D eigenvalue weighted by molar-refractivity contribution is 0.242. The largest absolute Gasteiger partial charge is 0.338 e. The molecule has 2 N–H and O–H groups in total. The number of hydrogen-bond acceptors (Lipinski definition) is 5. The van der Waals surface area contributed by atoms with Gasteiger partial charge < -0.3 is 10.3 Å². The summed E-state index contributed by atoms with van der Waals surface area (Å²) in [6, 6.07) is 8.05. The van der Waals surface area contributed by atoms with Crippen LogP contribution in [0.5, 0.6) is 0 Å². The molecular formula is C13H17ClN4O. The van der Waals surface area contributed by atoms with E-state index in [9.17, 15) is 0 Å². The molecule has 6 heteroatoms. The van der Waals surface area contributed by atoms with Crippen LogP contribution in [0.4, 0.5) is 0 Å². The monoisotopic (exact) mass is 280 g/mol. The van der Waals surface area contributed by atoms with Gasteiger partial charge in [0.25, 0.3) is 0 Å². The lowest BCUT2D eigenvalue weighted by atomic mass is 10.1. The molecule has 0 aliphatic carbocycles. The summed E-state index contributed by atoms with van der Waals surface area (Å²) >= 11 is 5.89. The molecule has 0 fully saturated rings. The topological polar surface area (TPSA) is 68.2 Å². The Morgan fingerprint density at radius 1 is 1.37 bits per heavy atom. The summed E-state index contributed by atoms with van der Waals surface area (Å²) in [4.78, 5) is 6.33. The van der Waals surface area contributed by atoms with Crippen LogP contribution >= 0.6 is 11.6 Å². The molecule has 1 unspecified atom stereocenters. The van der Waals surface area contributed by atoms with Crippen LogP contribution in [0.15, 0.2) is 28.8 Å². The highest BCUT2D eigenvalue weighted by Gasteiger charge is 2.14. The molecule has 0 radical (unpaired) electrons. The predicted octanol–water partition coefficient (Wildman–Crippen LogP) is 2.37. The molecule has 2 rings (SSSR count). The SMILES string of the molecule is CC(c1ccc(Cl)cc1)N(C)Cc1noc(CN)n1. The molecular weight excluding hydrogens is 264 g/mol. The Morgan fingerprint density at radius 2 is 2.05 bits per heavy atom. The minimum Gasteiger partial charge on any atom is -0.338 e. The van der Waals surface area contributed by atoms with Gasteiger partial charge in [0.1, 0.15) is 0 Å². The van der Waals surface area contributed by atoms with Crippen molar-refractivity contribution in [2.75, 3.05) is 7.05 Å². The van der Waals surface area contributed by atoms with Gasteiger partial charge in [-0.1, -0.05) is 28.9 Å². The highest BCUT2D eigenvalue weighted by atomic mass is 35.5. The van der Waals surface area contributed by atoms with Crippen molar-refractivity contribution in [1.82, 2.24) is 15.0 Å². The number of nitrogens with two attached hydrogens (primary N) is 1. The van der Waals surface area contributed by atoms with Gasteiger partial charge in [0.2, 0.25) is 5.89 Å². The van der Waals surface area contributed by atoms with Gasteiger partial charge in [-0.2, -0.15) is 4.98 Å². The zero-order chi connectivity index (χ0) is 13.8. The van der Waals surface area contributed by atoms with E-state index in [4.69, 9.17) is 21.9 Å². The second kappa shape index (κ2) is 6.14. The number of aromatic nitrogens is 2. The first-order chi connectivity index (χ1) is 9.10. The maximum Gasteiger partial charge on any atom is 0.240 e. The van der Waals surface area contributed by atoms with Crippen molar-refractivity contribution >= 4 is 11.6 Å². The Morgan fingerprint density at radius 3 is 2.63 bits per heavy atom. The molecule has 1 aromatic heterocycles. The van der Waals surface area contributed by atoms with Crippen molar-refractivity contribution in [3.8, 4) is 0 Å². The zero-order valence-corrected chi connectivity index (χ0v) is 11.8. The molecule has 0 amide bonds. The van der Waals surface area contributed by atoms with Crippen LogP contribution in [0.3, 0.4) is 0 Å². The smallest absolute Gasteiger partial charge is 0.240 e. The highest BCUT2D eigenvalue weighted by Crippen LogP contribution is 2.21. The summed E-state index contributed by atoms with van der Waals surface area (Å²) < 4.78 is 4.99. The van der Waals surface area contributed by atoms with Gasteiger partial charge in [-0.15, -0.1) is 0 Å². The fourth-order valence-electron chi connectivity index (χ4n) is 1.79. The minimum absolute atomic E-state index is 0.233. The second-order valence-corrected chi connectivity index (χ2v) is 4.89. The van der Waals surface area contributed by atoms with Crippen LogP contribution in [-0.2, 0) is 13.1 Å². The van der Waals surface area contributed by atoms with Crippen LogP contribution in [-0.4, -0.2) is 22.1 Å². The molecule has 0 bridgehead atoms. The van der Waals surface area contributed by atoms with Crippen molar-refractivity contribution in [2.45, 2.75) is 26.1 Å². The van der Waals surface area contributed by atoms with Gasteiger partial charge >= 0.3 is 0 Å². The Kier molecular flexibility index (Phi) is 4.52. The molecule has 0 aliphatic rings. The number of hydrogen-bond donors (Lipinski definition) is 1. The van der Waals surface area contributed by atoms with Gasteiger partial charge in [0.05, 0.1) is 13.1 Å². The van der Waals surface area contributed by atoms with Crippen molar-refractivity contribution in [1.29, 1.82) is 0 Å². The first kappa shape index (κ1) is 14.0. The van der Waals surface area contributed by atoms with Crippen LogP contribution < -0.4 is 5.73 Å². The quantitative estimate of drug-likeness (QED) is 0.911. The number of halogens is 1. The molecule has 0 saturated carbocycles. The Bertz CT molecular complexity index is 526. The maximum atomic E-state index is 5.89. The van der Waals surface area contributed by atoms with Gasteiger partial charge in [-0.05, 0) is 31.7 Å². The van der Waals surface area contributed by atoms with E-state index in [0.717, 1.165) is 5.02 Å². The highest BCUT2D eigenvalue weighted by molar-refractivity contribution is 6.30. The fraction of sp³-hybridized carbons (Fsp3) is 0.385. The molecule has 0 saturated heterocycles. The Balaban J connectivity index is 2.02. The van der Waals surface area contributed by atoms with Crippen LogP contribution in [0.2, 0.25) is 5.02 Å². The molecule has 102 valence electrons. The zero-order valence-electron chi connectivity index (χ0n) is 11.0. The van der Waals surface area contributed by atoms with Gasteiger partial charge in [-0.25, -0.2) is 0 Å². The summed E-state index contributed by atoms with van der Waals surface area (Å²) in [7, 11) is 2.01. The summed E-state index contributed by atoms with van der Waals surface area (Å²) in [6.07, 6.45) is 0. The van der Waals surface area contributed by atoms with Crippen molar-refractivity contribution in [3.05, 3.63) is 46.6 Å². The van der Waals surface area contributed by atoms with Crippen molar-refractivity contribution in [3.63, 3.8) is 0 Å². The Hall–Kier alpha value is -1.43. The third-order valence-corrected chi connectivity index (χ3v) is 3.34. The summed E-state index contributed by atoms with van der Waals surface area (Å²) in [5.74, 6) is 1.10. The Labute approximate surface area is 117 Å². The normalized spacial score (nSPS) is 12.9. The van der Waals surface area contributed by atoms with Crippen LogP contribution in [0.1, 0.15) is 30.2 Å². The second-order valence-electron chi connectivity index (χ2n) is 4.45. The standard InChI is InChI=1S/C13H17ClN4O/c1-9(10-3-5-11(14)6-4-10)18(2)8-12-16-13(7-15)19-17-12/h3-6,9H,7-8,15H2,1-2H3. The van der Waals surface area contributed by atoms with Crippen LogP contribution in [0.25, 0.3) is 0 Å². The number of benzene rings is 1. The summed E-state index contributed by atoms with van der Waals surface area (Å²) in [6.45, 7) is 2.99. The van der Waals surface area contributed by atoms with E-state index in [1.807, 2.05) is 31.3 Å². The summed E-state index contributed by atoms with van der Waals surface area (Å²) in [5.41, 5.74) is 6.63. The molecule has 19 heavy (non-hydrogen) atoms. The van der Waals surface area contributed by atoms with E-state index in [-0.39, 0.29) is 12.6 Å². The van der Waals surface area contributed by atoms with Crippen molar-refractivity contribution in [2.24, 2.45) is 5.73 Å². The molecule has 0 spiro atoms. The minimum atomic E-state index is 0.233. The average molecular weight is 281 g/mol. The van der Waals surface area contributed by atoms with E-state index >= 15 is 0 Å². The van der Waals surface area contributed by atoms with E-state index in [1.54, 1.807) is 0 Å². The van der Waals surface area contributed by atoms with Crippen molar-refractivity contribution < 1.29 is 4.52 Å². The van der Waals surface area contributed by atoms with E-state index < -0.39 is 0 Å². The number of nitrogens with zero attached hydrogens (tertiary/aromatic N) is 3. The molecule has 2 aromatic rings. The van der Waals surface area contributed by atoms with Crippen LogP contribution in [0, 0.1) is 0 Å². The fourth-order valence-corrected chi connectivity index (χ4v) is 1.92. The predicted molar refractivity (Wildman–Crippen MR) is 73.5 cm³/mol. The lowest BCUT2D eigenvalue weighted by Crippen LogP contribution is -2.22. The first-order valence-corrected chi connectivity index (χ1v) is 6.45. The van der Waals surface area contributed by atoms with Gasteiger partial charge in [0.15, 0.2) is 5.82 Å². The van der Waals surface area contributed by atoms with Gasteiger partial charge in [0, 0.05) is 11.1 Å². The molecule has 5 nitrogen and oxygen atoms in total. The molecule has 1 atom stereocenters. The third kappa shape index (κ3) is 3.53. The van der Waals surface area contributed by atoms with E-state index in [1.165, 1.54) is 5.56 Å². The maximum absolute atomic E-state index is 5.89. The molecule has 0 aliphatic heterocycles. The lowest BCUT2D eigenvalue weighted by Gasteiger charge is -2.23. The molecule has 1 heterocycles. The van der Waals surface area contributed by atoms with E-state index in [0.29, 0.717) is 18.3 Å². The first-order valence-electron chi connectivity index (χ1n) is 6.07.